The summed E-state index contributed by atoms with van der Waals surface area (Å²) >= 11 is 0. The lowest BCUT2D eigenvalue weighted by molar-refractivity contribution is 0.0828. The molecule has 1 aliphatic heterocycles. The lowest BCUT2D eigenvalue weighted by Gasteiger charge is -2.23. The van der Waals surface area contributed by atoms with Crippen LogP contribution in [-0.4, -0.2) is 51.7 Å². The first kappa shape index (κ1) is 14.7. The molecule has 1 aromatic rings. The van der Waals surface area contributed by atoms with Crippen LogP contribution in [-0.2, 0) is 4.74 Å². The molecule has 0 radical (unpaired) electrons. The van der Waals surface area contributed by atoms with E-state index in [9.17, 15) is 4.79 Å². The molecule has 1 fully saturated rings. The van der Waals surface area contributed by atoms with Gasteiger partial charge in [0.2, 0.25) is 0 Å². The van der Waals surface area contributed by atoms with Crippen LogP contribution in [0.15, 0.2) is 18.2 Å². The molecule has 2 rings (SSSR count). The summed E-state index contributed by atoms with van der Waals surface area (Å²) in [4.78, 5) is 16.1. The minimum Gasteiger partial charge on any atom is -0.399 e. The van der Waals surface area contributed by atoms with Crippen molar-refractivity contribution in [1.82, 2.24) is 4.90 Å². The van der Waals surface area contributed by atoms with Gasteiger partial charge in [0.1, 0.15) is 0 Å². The molecule has 0 bridgehead atoms. The standard InChI is InChI=1S/C15H23N3O2/c1-17(2)15(19)13-5-4-12(16)8-14(13)18-7-6-11(9-18)10-20-3/h4-5,8,11H,6-7,9-10,16H2,1-3H3. The van der Waals surface area contributed by atoms with Gasteiger partial charge in [0.15, 0.2) is 0 Å². The minimum absolute atomic E-state index is 0.00944. The van der Waals surface area contributed by atoms with Gasteiger partial charge in [-0.25, -0.2) is 0 Å². The van der Waals surface area contributed by atoms with Crippen LogP contribution in [0.25, 0.3) is 0 Å². The summed E-state index contributed by atoms with van der Waals surface area (Å²) in [5, 5.41) is 0. The molecule has 1 unspecified atom stereocenters. The Hall–Kier alpha value is -1.75. The van der Waals surface area contributed by atoms with Crippen LogP contribution in [0.1, 0.15) is 16.8 Å². The van der Waals surface area contributed by atoms with Gasteiger partial charge >= 0.3 is 0 Å². The zero-order valence-corrected chi connectivity index (χ0v) is 12.4. The van der Waals surface area contributed by atoms with Crippen molar-refractivity contribution < 1.29 is 9.53 Å². The topological polar surface area (TPSA) is 58.8 Å². The molecule has 0 aromatic heterocycles. The molecule has 1 aromatic carbocycles. The number of carbonyl (C=O) groups is 1. The average molecular weight is 277 g/mol. The van der Waals surface area contributed by atoms with Crippen molar-refractivity contribution in [3.63, 3.8) is 0 Å². The molecular weight excluding hydrogens is 254 g/mol. The fraction of sp³-hybridized carbons (Fsp3) is 0.533. The number of ether oxygens (including phenoxy) is 1. The molecule has 1 saturated heterocycles. The zero-order chi connectivity index (χ0) is 14.7. The van der Waals surface area contributed by atoms with Crippen molar-refractivity contribution >= 4 is 17.3 Å². The van der Waals surface area contributed by atoms with Crippen LogP contribution in [0.5, 0.6) is 0 Å². The van der Waals surface area contributed by atoms with Gasteiger partial charge in [-0.05, 0) is 24.6 Å². The Morgan fingerprint density at radius 1 is 1.50 bits per heavy atom. The largest absolute Gasteiger partial charge is 0.399 e. The number of hydrogen-bond donors (Lipinski definition) is 1. The van der Waals surface area contributed by atoms with Crippen molar-refractivity contribution in [2.24, 2.45) is 5.92 Å². The molecule has 5 nitrogen and oxygen atoms in total. The summed E-state index contributed by atoms with van der Waals surface area (Å²) in [6.07, 6.45) is 1.08. The average Bonchev–Trinajstić information content (AvgIpc) is 2.86. The molecule has 1 amide bonds. The Labute approximate surface area is 120 Å². The van der Waals surface area contributed by atoms with Gasteiger partial charge in [0.25, 0.3) is 5.91 Å². The Bertz CT molecular complexity index is 488. The second-order valence-electron chi connectivity index (χ2n) is 5.53. The smallest absolute Gasteiger partial charge is 0.255 e. The summed E-state index contributed by atoms with van der Waals surface area (Å²) in [7, 11) is 5.25. The van der Waals surface area contributed by atoms with E-state index in [1.54, 1.807) is 32.2 Å². The van der Waals surface area contributed by atoms with E-state index in [1.165, 1.54) is 0 Å². The highest BCUT2D eigenvalue weighted by molar-refractivity contribution is 6.00. The number of nitrogens with two attached hydrogens (primary N) is 1. The van der Waals surface area contributed by atoms with E-state index in [-0.39, 0.29) is 5.91 Å². The highest BCUT2D eigenvalue weighted by Gasteiger charge is 2.26. The third-order valence-corrected chi connectivity index (χ3v) is 3.69. The highest BCUT2D eigenvalue weighted by atomic mass is 16.5. The van der Waals surface area contributed by atoms with Gasteiger partial charge in [0.05, 0.1) is 17.9 Å². The third kappa shape index (κ3) is 3.04. The summed E-state index contributed by atoms with van der Waals surface area (Å²) < 4.78 is 5.22. The van der Waals surface area contributed by atoms with Crippen molar-refractivity contribution in [3.8, 4) is 0 Å². The first-order valence-corrected chi connectivity index (χ1v) is 6.88. The summed E-state index contributed by atoms with van der Waals surface area (Å²) in [6, 6.07) is 5.49. The van der Waals surface area contributed by atoms with Gasteiger partial charge in [-0.1, -0.05) is 0 Å². The van der Waals surface area contributed by atoms with Crippen LogP contribution in [0.4, 0.5) is 11.4 Å². The van der Waals surface area contributed by atoms with Crippen molar-refractivity contribution in [3.05, 3.63) is 23.8 Å². The Morgan fingerprint density at radius 2 is 2.25 bits per heavy atom. The number of methoxy groups -OCH3 is 1. The van der Waals surface area contributed by atoms with Crippen LogP contribution in [0.3, 0.4) is 0 Å². The quantitative estimate of drug-likeness (QED) is 0.846. The molecule has 1 heterocycles. The van der Waals surface area contributed by atoms with E-state index >= 15 is 0 Å². The molecule has 0 aliphatic carbocycles. The fourth-order valence-electron chi connectivity index (χ4n) is 2.66. The molecule has 110 valence electrons. The van der Waals surface area contributed by atoms with E-state index in [1.807, 2.05) is 12.1 Å². The second-order valence-corrected chi connectivity index (χ2v) is 5.53. The Balaban J connectivity index is 2.26. The Kier molecular flexibility index (Phi) is 4.49. The van der Waals surface area contributed by atoms with Gasteiger partial charge in [-0.15, -0.1) is 0 Å². The number of nitrogen functional groups attached to an aromatic ring is 1. The zero-order valence-electron chi connectivity index (χ0n) is 12.4. The third-order valence-electron chi connectivity index (χ3n) is 3.69. The summed E-state index contributed by atoms with van der Waals surface area (Å²) in [5.74, 6) is 0.527. The predicted molar refractivity (Wildman–Crippen MR) is 81.1 cm³/mol. The molecule has 2 N–H and O–H groups in total. The molecule has 1 aliphatic rings. The molecule has 5 heteroatoms. The van der Waals surface area contributed by atoms with Gasteiger partial charge in [-0.3, -0.25) is 4.79 Å². The van der Waals surface area contributed by atoms with Gasteiger partial charge < -0.3 is 20.3 Å². The number of carbonyl (C=O) groups excluding carboxylic acids is 1. The SMILES string of the molecule is COCC1CCN(c2cc(N)ccc2C(=O)N(C)C)C1. The number of benzene rings is 1. The van der Waals surface area contributed by atoms with Crippen LogP contribution >= 0.6 is 0 Å². The monoisotopic (exact) mass is 277 g/mol. The number of amides is 1. The number of hydrogen-bond acceptors (Lipinski definition) is 4. The molecular formula is C15H23N3O2. The van der Waals surface area contributed by atoms with E-state index in [0.717, 1.165) is 31.8 Å². The lowest BCUT2D eigenvalue weighted by Crippen LogP contribution is -2.27. The van der Waals surface area contributed by atoms with Gasteiger partial charge in [-0.2, -0.15) is 0 Å². The molecule has 20 heavy (non-hydrogen) atoms. The maximum Gasteiger partial charge on any atom is 0.255 e. The first-order valence-electron chi connectivity index (χ1n) is 6.88. The summed E-state index contributed by atoms with van der Waals surface area (Å²) in [5.41, 5.74) is 8.22. The Morgan fingerprint density at radius 3 is 2.90 bits per heavy atom. The van der Waals surface area contributed by atoms with E-state index in [0.29, 0.717) is 17.2 Å². The predicted octanol–water partition coefficient (Wildman–Crippen LogP) is 1.44. The van der Waals surface area contributed by atoms with E-state index in [4.69, 9.17) is 10.5 Å². The van der Waals surface area contributed by atoms with E-state index < -0.39 is 0 Å². The van der Waals surface area contributed by atoms with Crippen LogP contribution in [0, 0.1) is 5.92 Å². The number of anilines is 2. The van der Waals surface area contributed by atoms with Crippen molar-refractivity contribution in [1.29, 1.82) is 0 Å². The first-order chi connectivity index (χ1) is 9.52. The van der Waals surface area contributed by atoms with Crippen LogP contribution < -0.4 is 10.6 Å². The molecule has 0 spiro atoms. The number of rotatable bonds is 4. The maximum absolute atomic E-state index is 12.3. The molecule has 1 atom stereocenters. The van der Waals surface area contributed by atoms with E-state index in [2.05, 4.69) is 4.90 Å². The number of nitrogens with zero attached hydrogens (tertiary/aromatic N) is 2. The second kappa shape index (κ2) is 6.13. The van der Waals surface area contributed by atoms with Crippen LogP contribution in [0.2, 0.25) is 0 Å². The molecule has 0 saturated carbocycles. The fourth-order valence-corrected chi connectivity index (χ4v) is 2.66. The van der Waals surface area contributed by atoms with Crippen molar-refractivity contribution in [2.75, 3.05) is 51.5 Å². The lowest BCUT2D eigenvalue weighted by atomic mass is 10.1. The normalized spacial score (nSPS) is 18.4. The minimum atomic E-state index is 0.00944. The van der Waals surface area contributed by atoms with Gasteiger partial charge in [0, 0.05) is 45.9 Å². The maximum atomic E-state index is 12.3. The highest BCUT2D eigenvalue weighted by Crippen LogP contribution is 2.29. The van der Waals surface area contributed by atoms with Crippen molar-refractivity contribution in [2.45, 2.75) is 6.42 Å². The summed E-state index contributed by atoms with van der Waals surface area (Å²) in [6.45, 7) is 2.60.